The molecule has 94 valence electrons. The third-order valence-electron chi connectivity index (χ3n) is 2.17. The molecule has 0 bridgehead atoms. The Hall–Kier alpha value is -1.24. The molecule has 1 rings (SSSR count). The Morgan fingerprint density at radius 1 is 1.24 bits per heavy atom. The highest BCUT2D eigenvalue weighted by Crippen LogP contribution is 2.18. The average Bonchev–Trinajstić information content (AvgIpc) is 2.32. The number of benzene rings is 1. The molecule has 0 unspecified atom stereocenters. The number of nitrogens with one attached hydrogen (secondary N) is 1. The Morgan fingerprint density at radius 2 is 1.82 bits per heavy atom. The van der Waals surface area contributed by atoms with Crippen LogP contribution in [0.2, 0.25) is 0 Å². The molecule has 0 saturated heterocycles. The predicted molar refractivity (Wildman–Crippen MR) is 68.5 cm³/mol. The van der Waals surface area contributed by atoms with E-state index in [4.69, 9.17) is 10.2 Å². The van der Waals surface area contributed by atoms with Crippen LogP contribution in [0.15, 0.2) is 29.2 Å². The van der Waals surface area contributed by atoms with Crippen LogP contribution in [-0.4, -0.2) is 47.4 Å². The van der Waals surface area contributed by atoms with Crippen LogP contribution in [0.4, 0.5) is 10.5 Å². The number of aliphatic hydroxyl groups is 2. The SMILES string of the molecule is O=C(Nc1ccccc1S)N(CCO)CCO. The zero-order valence-electron chi connectivity index (χ0n) is 9.33. The van der Waals surface area contributed by atoms with E-state index in [0.29, 0.717) is 10.6 Å². The second kappa shape index (κ2) is 7.16. The van der Waals surface area contributed by atoms with Gasteiger partial charge in [-0.2, -0.15) is 0 Å². The molecule has 0 aliphatic carbocycles. The summed E-state index contributed by atoms with van der Waals surface area (Å²) in [5.74, 6) is 0. The molecule has 5 nitrogen and oxygen atoms in total. The first-order valence-corrected chi connectivity index (χ1v) is 5.69. The predicted octanol–water partition coefficient (Wildman–Crippen LogP) is 0.794. The van der Waals surface area contributed by atoms with E-state index < -0.39 is 0 Å². The fourth-order valence-electron chi connectivity index (χ4n) is 1.33. The van der Waals surface area contributed by atoms with E-state index in [1.165, 1.54) is 4.90 Å². The number of para-hydroxylation sites is 1. The minimum Gasteiger partial charge on any atom is -0.395 e. The van der Waals surface area contributed by atoms with Gasteiger partial charge in [0.1, 0.15) is 0 Å². The van der Waals surface area contributed by atoms with Crippen molar-refractivity contribution < 1.29 is 15.0 Å². The largest absolute Gasteiger partial charge is 0.395 e. The summed E-state index contributed by atoms with van der Waals surface area (Å²) in [6.45, 7) is 0.0775. The van der Waals surface area contributed by atoms with Crippen molar-refractivity contribution in [2.45, 2.75) is 4.90 Å². The molecule has 0 aliphatic rings. The topological polar surface area (TPSA) is 72.8 Å². The second-order valence-electron chi connectivity index (χ2n) is 3.38. The molecule has 0 spiro atoms. The Morgan fingerprint density at radius 3 is 2.35 bits per heavy atom. The molecule has 0 aliphatic heterocycles. The van der Waals surface area contributed by atoms with Gasteiger partial charge in [0.15, 0.2) is 0 Å². The highest BCUT2D eigenvalue weighted by atomic mass is 32.1. The number of rotatable bonds is 5. The molecular formula is C11H16N2O3S. The van der Waals surface area contributed by atoms with Gasteiger partial charge in [0.25, 0.3) is 0 Å². The summed E-state index contributed by atoms with van der Waals surface area (Å²) < 4.78 is 0. The van der Waals surface area contributed by atoms with Gasteiger partial charge in [-0.25, -0.2) is 4.79 Å². The molecule has 3 N–H and O–H groups in total. The molecule has 2 amide bonds. The number of amides is 2. The number of nitrogens with zero attached hydrogens (tertiary/aromatic N) is 1. The van der Waals surface area contributed by atoms with Crippen LogP contribution in [0.3, 0.4) is 0 Å². The monoisotopic (exact) mass is 256 g/mol. The van der Waals surface area contributed by atoms with E-state index in [0.717, 1.165) is 0 Å². The van der Waals surface area contributed by atoms with Gasteiger partial charge in [-0.1, -0.05) is 12.1 Å². The van der Waals surface area contributed by atoms with Crippen LogP contribution < -0.4 is 5.32 Å². The van der Waals surface area contributed by atoms with Gasteiger partial charge in [-0.05, 0) is 12.1 Å². The van der Waals surface area contributed by atoms with Gasteiger partial charge in [0.05, 0.1) is 18.9 Å². The first-order valence-electron chi connectivity index (χ1n) is 5.24. The quantitative estimate of drug-likeness (QED) is 0.589. The number of carbonyl (C=O) groups excluding carboxylic acids is 1. The Labute approximate surface area is 105 Å². The zero-order valence-corrected chi connectivity index (χ0v) is 10.2. The standard InChI is InChI=1S/C11H16N2O3S/c14-7-5-13(6-8-15)11(16)12-9-3-1-2-4-10(9)17/h1-4,14-15,17H,5-8H2,(H,12,16). The van der Waals surface area contributed by atoms with Gasteiger partial charge in [-0.15, -0.1) is 12.6 Å². The molecule has 1 aromatic carbocycles. The number of hydrogen-bond acceptors (Lipinski definition) is 4. The Balaban J connectivity index is 2.66. The van der Waals surface area contributed by atoms with Crippen LogP contribution in [0.5, 0.6) is 0 Å². The number of aliphatic hydroxyl groups excluding tert-OH is 2. The molecule has 0 heterocycles. The normalized spacial score (nSPS) is 10.1. The van der Waals surface area contributed by atoms with Crippen molar-refractivity contribution in [3.8, 4) is 0 Å². The van der Waals surface area contributed by atoms with E-state index in [9.17, 15) is 4.79 Å². The molecule has 0 aromatic heterocycles. The van der Waals surface area contributed by atoms with Gasteiger partial charge < -0.3 is 20.4 Å². The smallest absolute Gasteiger partial charge is 0.322 e. The van der Waals surface area contributed by atoms with Gasteiger partial charge in [0.2, 0.25) is 0 Å². The van der Waals surface area contributed by atoms with Crippen molar-refractivity contribution in [2.75, 3.05) is 31.6 Å². The fraction of sp³-hybridized carbons (Fsp3) is 0.364. The van der Waals surface area contributed by atoms with Gasteiger partial charge >= 0.3 is 6.03 Å². The average molecular weight is 256 g/mol. The summed E-state index contributed by atoms with van der Waals surface area (Å²) in [4.78, 5) is 13.8. The van der Waals surface area contributed by atoms with E-state index in [-0.39, 0.29) is 32.3 Å². The van der Waals surface area contributed by atoms with Crippen LogP contribution in [0, 0.1) is 0 Å². The van der Waals surface area contributed by atoms with Crippen molar-refractivity contribution in [2.24, 2.45) is 0 Å². The maximum Gasteiger partial charge on any atom is 0.322 e. The maximum atomic E-state index is 11.8. The van der Waals surface area contributed by atoms with Crippen molar-refractivity contribution in [1.29, 1.82) is 0 Å². The molecule has 0 radical (unpaired) electrons. The molecule has 0 atom stereocenters. The zero-order chi connectivity index (χ0) is 12.7. The van der Waals surface area contributed by atoms with Crippen LogP contribution >= 0.6 is 12.6 Å². The molecule has 17 heavy (non-hydrogen) atoms. The maximum absolute atomic E-state index is 11.8. The van der Waals surface area contributed by atoms with Crippen LogP contribution in [0.25, 0.3) is 0 Å². The van der Waals surface area contributed by atoms with Crippen molar-refractivity contribution >= 4 is 24.3 Å². The van der Waals surface area contributed by atoms with E-state index in [2.05, 4.69) is 17.9 Å². The minimum atomic E-state index is -0.366. The summed E-state index contributed by atoms with van der Waals surface area (Å²) >= 11 is 4.21. The fourth-order valence-corrected chi connectivity index (χ4v) is 1.55. The Bertz CT molecular complexity index is 367. The van der Waals surface area contributed by atoms with Gasteiger partial charge in [0, 0.05) is 18.0 Å². The lowest BCUT2D eigenvalue weighted by Gasteiger charge is -2.21. The molecular weight excluding hydrogens is 240 g/mol. The van der Waals surface area contributed by atoms with Crippen molar-refractivity contribution in [3.63, 3.8) is 0 Å². The molecule has 1 aromatic rings. The van der Waals surface area contributed by atoms with Crippen molar-refractivity contribution in [1.82, 2.24) is 4.90 Å². The highest BCUT2D eigenvalue weighted by Gasteiger charge is 2.12. The first-order chi connectivity index (χ1) is 8.19. The van der Waals surface area contributed by atoms with E-state index >= 15 is 0 Å². The number of urea groups is 1. The third kappa shape index (κ3) is 4.26. The minimum absolute atomic E-state index is 0.143. The first kappa shape index (κ1) is 13.8. The van der Waals surface area contributed by atoms with Crippen molar-refractivity contribution in [3.05, 3.63) is 24.3 Å². The third-order valence-corrected chi connectivity index (χ3v) is 2.56. The van der Waals surface area contributed by atoms with E-state index in [1.807, 2.05) is 6.07 Å². The number of carbonyl (C=O) groups is 1. The highest BCUT2D eigenvalue weighted by molar-refractivity contribution is 7.80. The number of thiol groups is 1. The summed E-state index contributed by atoms with van der Waals surface area (Å²) in [6.07, 6.45) is 0. The van der Waals surface area contributed by atoms with Gasteiger partial charge in [-0.3, -0.25) is 0 Å². The summed E-state index contributed by atoms with van der Waals surface area (Å²) in [5.41, 5.74) is 0.599. The van der Waals surface area contributed by atoms with E-state index in [1.54, 1.807) is 18.2 Å². The summed E-state index contributed by atoms with van der Waals surface area (Å²) in [5, 5.41) is 20.3. The number of anilines is 1. The molecule has 0 fully saturated rings. The van der Waals surface area contributed by atoms with Crippen LogP contribution in [-0.2, 0) is 0 Å². The molecule has 6 heteroatoms. The lowest BCUT2D eigenvalue weighted by molar-refractivity contribution is 0.167. The summed E-state index contributed by atoms with van der Waals surface area (Å²) in [6, 6.07) is 6.74. The summed E-state index contributed by atoms with van der Waals surface area (Å²) in [7, 11) is 0. The Kier molecular flexibility index (Phi) is 5.82. The number of hydrogen-bond donors (Lipinski definition) is 4. The van der Waals surface area contributed by atoms with Crippen LogP contribution in [0.1, 0.15) is 0 Å². The molecule has 0 saturated carbocycles. The lowest BCUT2D eigenvalue weighted by Crippen LogP contribution is -2.39. The second-order valence-corrected chi connectivity index (χ2v) is 3.86. The lowest BCUT2D eigenvalue weighted by atomic mass is 10.3.